The number of aryl methyl sites for hydroxylation is 1. The number of amides is 1. The Morgan fingerprint density at radius 2 is 2.24 bits per heavy atom. The summed E-state index contributed by atoms with van der Waals surface area (Å²) in [6.45, 7) is 2.82. The number of guanidine groups is 1. The number of nitrogens with one attached hydrogen (secondary N) is 1. The van der Waals surface area contributed by atoms with E-state index in [4.69, 9.17) is 0 Å². The third-order valence-electron chi connectivity index (χ3n) is 4.24. The first-order valence-electron chi connectivity index (χ1n) is 7.54. The third-order valence-corrected chi connectivity index (χ3v) is 4.24. The lowest BCUT2D eigenvalue weighted by molar-refractivity contribution is -0.135. The van der Waals surface area contributed by atoms with Gasteiger partial charge in [-0.15, -0.1) is 0 Å². The van der Waals surface area contributed by atoms with E-state index < -0.39 is 0 Å². The fourth-order valence-corrected chi connectivity index (χ4v) is 2.82. The van der Waals surface area contributed by atoms with E-state index in [2.05, 4.69) is 20.9 Å². The van der Waals surface area contributed by atoms with E-state index in [1.54, 1.807) is 7.05 Å². The van der Waals surface area contributed by atoms with E-state index in [1.165, 1.54) is 18.5 Å². The molecule has 1 saturated heterocycles. The standard InChI is InChI=1S/C15H23N5O/c1-16-15(17-10-13-4-3-7-18(13)2)19-8-9-20(12-5-6-12)14(21)11-19/h3-4,7,12H,5-6,8-11H2,1-2H3,(H,16,17). The molecule has 1 saturated carbocycles. The molecule has 114 valence electrons. The Morgan fingerprint density at radius 1 is 1.43 bits per heavy atom. The van der Waals surface area contributed by atoms with Gasteiger partial charge in [-0.1, -0.05) is 0 Å². The maximum atomic E-state index is 12.2. The second kappa shape index (κ2) is 5.79. The van der Waals surface area contributed by atoms with Gasteiger partial charge in [0, 0.05) is 45.1 Å². The highest BCUT2D eigenvalue weighted by Gasteiger charge is 2.36. The van der Waals surface area contributed by atoms with E-state index in [9.17, 15) is 4.79 Å². The summed E-state index contributed by atoms with van der Waals surface area (Å²) in [6, 6.07) is 4.62. The number of nitrogens with zero attached hydrogens (tertiary/aromatic N) is 4. The Hall–Kier alpha value is -1.98. The van der Waals surface area contributed by atoms with Crippen molar-refractivity contribution >= 4 is 11.9 Å². The average molecular weight is 289 g/mol. The highest BCUT2D eigenvalue weighted by Crippen LogP contribution is 2.27. The van der Waals surface area contributed by atoms with Gasteiger partial charge in [-0.2, -0.15) is 0 Å². The predicted molar refractivity (Wildman–Crippen MR) is 81.9 cm³/mol. The van der Waals surface area contributed by atoms with Crippen LogP contribution in [-0.2, 0) is 18.4 Å². The Bertz CT molecular complexity index is 546. The molecule has 1 aromatic rings. The van der Waals surface area contributed by atoms with Crippen LogP contribution in [0.2, 0.25) is 0 Å². The number of piperazine rings is 1. The van der Waals surface area contributed by atoms with Gasteiger partial charge in [-0.05, 0) is 25.0 Å². The van der Waals surface area contributed by atoms with E-state index in [0.29, 0.717) is 19.1 Å². The minimum atomic E-state index is 0.227. The van der Waals surface area contributed by atoms with E-state index >= 15 is 0 Å². The first-order valence-corrected chi connectivity index (χ1v) is 7.54. The number of aromatic nitrogens is 1. The van der Waals surface area contributed by atoms with Crippen LogP contribution in [0.25, 0.3) is 0 Å². The first kappa shape index (κ1) is 14.0. The van der Waals surface area contributed by atoms with Crippen molar-refractivity contribution in [2.75, 3.05) is 26.7 Å². The molecule has 0 bridgehead atoms. The SMILES string of the molecule is CN=C(NCc1cccn1C)N1CCN(C2CC2)C(=O)C1. The molecule has 2 heterocycles. The summed E-state index contributed by atoms with van der Waals surface area (Å²) >= 11 is 0. The van der Waals surface area contributed by atoms with Crippen LogP contribution in [0.15, 0.2) is 23.3 Å². The van der Waals surface area contributed by atoms with Gasteiger partial charge in [0.05, 0.1) is 13.1 Å². The highest BCUT2D eigenvalue weighted by atomic mass is 16.2. The molecule has 0 unspecified atom stereocenters. The monoisotopic (exact) mass is 289 g/mol. The van der Waals surface area contributed by atoms with Crippen LogP contribution in [0.5, 0.6) is 0 Å². The zero-order valence-corrected chi connectivity index (χ0v) is 12.7. The molecule has 0 radical (unpaired) electrons. The minimum Gasteiger partial charge on any atom is -0.353 e. The summed E-state index contributed by atoms with van der Waals surface area (Å²) in [7, 11) is 3.79. The van der Waals surface area contributed by atoms with Crippen LogP contribution in [0.3, 0.4) is 0 Å². The van der Waals surface area contributed by atoms with Gasteiger partial charge in [0.2, 0.25) is 5.91 Å². The molecule has 3 rings (SSSR count). The molecule has 0 atom stereocenters. The van der Waals surface area contributed by atoms with E-state index in [0.717, 1.165) is 19.0 Å². The van der Waals surface area contributed by atoms with Gasteiger partial charge in [0.15, 0.2) is 5.96 Å². The van der Waals surface area contributed by atoms with Crippen molar-refractivity contribution < 1.29 is 4.79 Å². The van der Waals surface area contributed by atoms with Crippen LogP contribution in [0, 0.1) is 0 Å². The summed E-state index contributed by atoms with van der Waals surface area (Å²) in [5.74, 6) is 1.03. The largest absolute Gasteiger partial charge is 0.353 e. The predicted octanol–water partition coefficient (Wildman–Crippen LogP) is 0.407. The smallest absolute Gasteiger partial charge is 0.242 e. The zero-order chi connectivity index (χ0) is 14.8. The number of aliphatic imine (C=N–C) groups is 1. The van der Waals surface area contributed by atoms with Crippen LogP contribution in [-0.4, -0.2) is 59.0 Å². The van der Waals surface area contributed by atoms with Crippen LogP contribution in [0.1, 0.15) is 18.5 Å². The fourth-order valence-electron chi connectivity index (χ4n) is 2.82. The van der Waals surface area contributed by atoms with Gasteiger partial charge in [-0.25, -0.2) is 0 Å². The average Bonchev–Trinajstić information content (AvgIpc) is 3.23. The molecule has 21 heavy (non-hydrogen) atoms. The van der Waals surface area contributed by atoms with Crippen LogP contribution >= 0.6 is 0 Å². The summed E-state index contributed by atoms with van der Waals surface area (Å²) in [5.41, 5.74) is 1.19. The summed E-state index contributed by atoms with van der Waals surface area (Å²) in [4.78, 5) is 20.6. The molecule has 1 aliphatic heterocycles. The van der Waals surface area contributed by atoms with Gasteiger partial charge in [-0.3, -0.25) is 9.79 Å². The first-order chi connectivity index (χ1) is 10.2. The van der Waals surface area contributed by atoms with Gasteiger partial charge in [0.1, 0.15) is 0 Å². The summed E-state index contributed by atoms with van der Waals surface area (Å²) in [5, 5.41) is 3.35. The van der Waals surface area contributed by atoms with Crippen molar-refractivity contribution in [1.29, 1.82) is 0 Å². The molecule has 2 aliphatic rings. The van der Waals surface area contributed by atoms with Gasteiger partial charge in [0.25, 0.3) is 0 Å². The van der Waals surface area contributed by atoms with Crippen molar-refractivity contribution in [3.05, 3.63) is 24.0 Å². The molecular weight excluding hydrogens is 266 g/mol. The lowest BCUT2D eigenvalue weighted by atomic mass is 10.3. The van der Waals surface area contributed by atoms with Crippen molar-refractivity contribution in [3.8, 4) is 0 Å². The summed E-state index contributed by atoms with van der Waals surface area (Å²) < 4.78 is 2.08. The molecule has 1 aromatic heterocycles. The molecule has 1 aliphatic carbocycles. The number of carbonyl (C=O) groups excluding carboxylic acids is 1. The second-order valence-corrected chi connectivity index (χ2v) is 5.75. The molecule has 2 fully saturated rings. The highest BCUT2D eigenvalue weighted by molar-refractivity contribution is 5.87. The van der Waals surface area contributed by atoms with Crippen molar-refractivity contribution in [3.63, 3.8) is 0 Å². The Balaban J connectivity index is 1.57. The molecule has 1 amide bonds. The van der Waals surface area contributed by atoms with Crippen molar-refractivity contribution in [1.82, 2.24) is 19.7 Å². The van der Waals surface area contributed by atoms with E-state index in [1.807, 2.05) is 29.1 Å². The van der Waals surface area contributed by atoms with Gasteiger partial charge < -0.3 is 19.7 Å². The Morgan fingerprint density at radius 3 is 2.81 bits per heavy atom. The number of rotatable bonds is 3. The van der Waals surface area contributed by atoms with Crippen LogP contribution in [0.4, 0.5) is 0 Å². The fraction of sp³-hybridized carbons (Fsp3) is 0.600. The zero-order valence-electron chi connectivity index (χ0n) is 12.7. The molecular formula is C15H23N5O. The molecule has 0 spiro atoms. The molecule has 1 N–H and O–H groups in total. The van der Waals surface area contributed by atoms with Crippen LogP contribution < -0.4 is 5.32 Å². The number of hydrogen-bond acceptors (Lipinski definition) is 2. The lowest BCUT2D eigenvalue weighted by Gasteiger charge is -2.36. The van der Waals surface area contributed by atoms with Crippen molar-refractivity contribution in [2.24, 2.45) is 12.0 Å². The quantitative estimate of drug-likeness (QED) is 0.647. The topological polar surface area (TPSA) is 52.9 Å². The maximum absolute atomic E-state index is 12.2. The summed E-state index contributed by atoms with van der Waals surface area (Å²) in [6.07, 6.45) is 4.37. The molecule has 6 nitrogen and oxygen atoms in total. The number of hydrogen-bond donors (Lipinski definition) is 1. The number of carbonyl (C=O) groups is 1. The molecule has 6 heteroatoms. The second-order valence-electron chi connectivity index (χ2n) is 5.75. The third kappa shape index (κ3) is 3.04. The lowest BCUT2D eigenvalue weighted by Crippen LogP contribution is -2.55. The normalized spacial score (nSPS) is 20.1. The maximum Gasteiger partial charge on any atom is 0.242 e. The molecule has 0 aromatic carbocycles. The van der Waals surface area contributed by atoms with Gasteiger partial charge >= 0.3 is 0 Å². The Labute approximate surface area is 125 Å². The Kier molecular flexibility index (Phi) is 3.86. The van der Waals surface area contributed by atoms with Crippen molar-refractivity contribution in [2.45, 2.75) is 25.4 Å². The minimum absolute atomic E-state index is 0.227. The van der Waals surface area contributed by atoms with E-state index in [-0.39, 0.29) is 5.91 Å².